The summed E-state index contributed by atoms with van der Waals surface area (Å²) < 4.78 is 12.9. The third-order valence-corrected chi connectivity index (χ3v) is 8.49. The molecule has 0 radical (unpaired) electrons. The van der Waals surface area contributed by atoms with Crippen molar-refractivity contribution in [3.05, 3.63) is 68.5 Å². The van der Waals surface area contributed by atoms with Crippen LogP contribution in [-0.2, 0) is 11.3 Å². The largest absolute Gasteiger partial charge is 0.454 e. The minimum absolute atomic E-state index is 0.188. The maximum atomic E-state index is 13.8. The fraction of sp³-hybridized carbons (Fsp3) is 0.333. The third kappa shape index (κ3) is 4.44. The summed E-state index contributed by atoms with van der Waals surface area (Å²) in [4.78, 5) is 38.7. The van der Waals surface area contributed by atoms with E-state index in [0.717, 1.165) is 43.9 Å². The first-order valence-corrected chi connectivity index (χ1v) is 13.8. The van der Waals surface area contributed by atoms with E-state index < -0.39 is 0 Å². The average molecular weight is 550 g/mol. The first-order chi connectivity index (χ1) is 18.4. The highest BCUT2D eigenvalue weighted by Gasteiger charge is 2.33. The van der Waals surface area contributed by atoms with Crippen LogP contribution in [-0.4, -0.2) is 68.9 Å². The van der Waals surface area contributed by atoms with E-state index in [4.69, 9.17) is 26.7 Å². The summed E-state index contributed by atoms with van der Waals surface area (Å²) in [6.45, 7) is 8.87. The molecule has 5 heterocycles. The van der Waals surface area contributed by atoms with Gasteiger partial charge in [-0.15, -0.1) is 0 Å². The average Bonchev–Trinajstić information content (AvgIpc) is 3.50. The fourth-order valence-corrected chi connectivity index (χ4v) is 6.17. The van der Waals surface area contributed by atoms with E-state index in [-0.39, 0.29) is 18.3 Å². The molecular weight excluding hydrogens is 522 g/mol. The summed E-state index contributed by atoms with van der Waals surface area (Å²) in [5.74, 6) is 1.72. The second kappa shape index (κ2) is 10.0. The van der Waals surface area contributed by atoms with Crippen molar-refractivity contribution < 1.29 is 14.3 Å². The van der Waals surface area contributed by atoms with E-state index in [9.17, 15) is 9.59 Å². The Morgan fingerprint density at radius 2 is 1.89 bits per heavy atom. The molecule has 0 N–H and O–H groups in total. The standard InChI is InChI=1S/C27H27N5O4S2/c1-3-29-9-11-30(12-10-29)24-19(25(33)31-8-4-5-17(2)23(31)28-24)14-22-26(34)32(27(37)38-22)15-18-6-7-20-21(13-18)36-16-35-20/h4-8,13-14H,3,9-12,15-16H2,1-2H3/b22-14-. The number of ether oxygens (including phenoxy) is 2. The number of carbonyl (C=O) groups excluding carboxylic acids is 1. The van der Waals surface area contributed by atoms with Crippen LogP contribution in [0.15, 0.2) is 46.2 Å². The molecule has 1 aromatic carbocycles. The van der Waals surface area contributed by atoms with Crippen LogP contribution in [0.25, 0.3) is 11.7 Å². The van der Waals surface area contributed by atoms with Gasteiger partial charge in [0.15, 0.2) is 11.5 Å². The van der Waals surface area contributed by atoms with Gasteiger partial charge in [0.25, 0.3) is 11.5 Å². The minimum Gasteiger partial charge on any atom is -0.454 e. The second-order valence-electron chi connectivity index (χ2n) is 9.42. The summed E-state index contributed by atoms with van der Waals surface area (Å²) in [6, 6.07) is 9.37. The molecule has 3 aliphatic heterocycles. The molecule has 11 heteroatoms. The summed E-state index contributed by atoms with van der Waals surface area (Å²) in [7, 11) is 0. The lowest BCUT2D eigenvalue weighted by molar-refractivity contribution is -0.122. The second-order valence-corrected chi connectivity index (χ2v) is 11.1. The highest BCUT2D eigenvalue weighted by Crippen LogP contribution is 2.37. The molecule has 9 nitrogen and oxygen atoms in total. The van der Waals surface area contributed by atoms with Gasteiger partial charge in [-0.3, -0.25) is 18.9 Å². The molecule has 2 fully saturated rings. The van der Waals surface area contributed by atoms with E-state index in [1.807, 2.05) is 37.3 Å². The zero-order valence-corrected chi connectivity index (χ0v) is 22.8. The SMILES string of the molecule is CCN1CCN(c2nc3c(C)cccn3c(=O)c2/C=C2\SC(=S)N(Cc3ccc4c(c3)OCO4)C2=O)CC1. The van der Waals surface area contributed by atoms with Crippen LogP contribution in [0.5, 0.6) is 11.5 Å². The predicted octanol–water partition coefficient (Wildman–Crippen LogP) is 3.27. The summed E-state index contributed by atoms with van der Waals surface area (Å²) in [5.41, 5.74) is 2.62. The van der Waals surface area contributed by atoms with Crippen LogP contribution in [0.4, 0.5) is 5.82 Å². The molecular formula is C27H27N5O4S2. The Bertz CT molecular complexity index is 1540. The van der Waals surface area contributed by atoms with Crippen LogP contribution in [0, 0.1) is 6.92 Å². The maximum absolute atomic E-state index is 13.8. The van der Waals surface area contributed by atoms with Crippen molar-refractivity contribution in [2.75, 3.05) is 44.4 Å². The van der Waals surface area contributed by atoms with Crippen LogP contribution < -0.4 is 19.9 Å². The van der Waals surface area contributed by atoms with Crippen molar-refractivity contribution in [2.45, 2.75) is 20.4 Å². The molecule has 1 amide bonds. The number of thiocarbonyl (C=S) groups is 1. The van der Waals surface area contributed by atoms with Crippen LogP contribution in [0.2, 0.25) is 0 Å². The number of aryl methyl sites for hydroxylation is 1. The van der Waals surface area contributed by atoms with Crippen molar-refractivity contribution in [3.8, 4) is 11.5 Å². The number of likely N-dealkylation sites (N-methyl/N-ethyl adjacent to an activating group) is 1. The Labute approximate surface area is 229 Å². The molecule has 0 bridgehead atoms. The first kappa shape index (κ1) is 24.9. The minimum atomic E-state index is -0.229. The van der Waals surface area contributed by atoms with Gasteiger partial charge in [0.1, 0.15) is 15.8 Å². The van der Waals surface area contributed by atoms with Gasteiger partial charge in [0, 0.05) is 32.4 Å². The maximum Gasteiger partial charge on any atom is 0.267 e. The number of fused-ring (bicyclic) bond motifs is 2. The smallest absolute Gasteiger partial charge is 0.267 e. The Morgan fingerprint density at radius 3 is 2.68 bits per heavy atom. The van der Waals surface area contributed by atoms with Gasteiger partial charge in [-0.2, -0.15) is 0 Å². The normalized spacial score (nSPS) is 18.8. The van der Waals surface area contributed by atoms with Crippen molar-refractivity contribution in [1.82, 2.24) is 19.2 Å². The number of rotatable bonds is 5. The summed E-state index contributed by atoms with van der Waals surface area (Å²) >= 11 is 6.79. The Morgan fingerprint density at radius 1 is 1.11 bits per heavy atom. The number of carbonyl (C=O) groups is 1. The molecule has 2 saturated heterocycles. The molecule has 0 saturated carbocycles. The third-order valence-electron chi connectivity index (χ3n) is 7.11. The lowest BCUT2D eigenvalue weighted by atomic mass is 10.2. The zero-order valence-electron chi connectivity index (χ0n) is 21.2. The topological polar surface area (TPSA) is 79.6 Å². The van der Waals surface area contributed by atoms with Crippen LogP contribution >= 0.6 is 24.0 Å². The van der Waals surface area contributed by atoms with Crippen molar-refractivity contribution in [3.63, 3.8) is 0 Å². The van der Waals surface area contributed by atoms with E-state index in [1.54, 1.807) is 21.6 Å². The zero-order chi connectivity index (χ0) is 26.4. The molecule has 0 atom stereocenters. The lowest BCUT2D eigenvalue weighted by Crippen LogP contribution is -2.47. The highest BCUT2D eigenvalue weighted by atomic mass is 32.2. The quantitative estimate of drug-likeness (QED) is 0.352. The number of amides is 1. The van der Waals surface area contributed by atoms with Crippen molar-refractivity contribution >= 4 is 51.7 Å². The molecule has 0 aliphatic carbocycles. The number of hydrogen-bond donors (Lipinski definition) is 0. The van der Waals surface area contributed by atoms with Crippen LogP contribution in [0.3, 0.4) is 0 Å². The first-order valence-electron chi connectivity index (χ1n) is 12.6. The van der Waals surface area contributed by atoms with E-state index in [0.29, 0.717) is 44.3 Å². The number of pyridine rings is 1. The number of thioether (sulfide) groups is 1. The molecule has 3 aliphatic rings. The van der Waals surface area contributed by atoms with Gasteiger partial charge in [0.2, 0.25) is 6.79 Å². The predicted molar refractivity (Wildman–Crippen MR) is 152 cm³/mol. The molecule has 2 aromatic heterocycles. The number of anilines is 1. The number of hydrogen-bond acceptors (Lipinski definition) is 9. The van der Waals surface area contributed by atoms with Gasteiger partial charge in [-0.1, -0.05) is 43.0 Å². The Kier molecular flexibility index (Phi) is 6.58. The van der Waals surface area contributed by atoms with Crippen LogP contribution in [0.1, 0.15) is 23.6 Å². The summed E-state index contributed by atoms with van der Waals surface area (Å²) in [6.07, 6.45) is 3.39. The van der Waals surface area contributed by atoms with E-state index >= 15 is 0 Å². The Balaban J connectivity index is 1.36. The molecule has 0 spiro atoms. The molecule has 3 aromatic rings. The lowest BCUT2D eigenvalue weighted by Gasteiger charge is -2.35. The Hall–Kier alpha value is -3.41. The molecule has 196 valence electrons. The molecule has 0 unspecified atom stereocenters. The molecule has 38 heavy (non-hydrogen) atoms. The number of benzene rings is 1. The van der Waals surface area contributed by atoms with E-state index in [1.165, 1.54) is 11.8 Å². The number of piperazine rings is 1. The van der Waals surface area contributed by atoms with Gasteiger partial charge in [-0.25, -0.2) is 4.98 Å². The fourth-order valence-electron chi connectivity index (χ4n) is 4.93. The van der Waals surface area contributed by atoms with Crippen molar-refractivity contribution in [2.24, 2.45) is 0 Å². The van der Waals surface area contributed by atoms with Gasteiger partial charge in [-0.05, 0) is 48.9 Å². The number of aromatic nitrogens is 2. The van der Waals surface area contributed by atoms with Gasteiger partial charge in [0.05, 0.1) is 17.0 Å². The number of nitrogens with zero attached hydrogens (tertiary/aromatic N) is 5. The summed E-state index contributed by atoms with van der Waals surface area (Å²) in [5, 5.41) is 0. The van der Waals surface area contributed by atoms with E-state index in [2.05, 4.69) is 16.7 Å². The highest BCUT2D eigenvalue weighted by molar-refractivity contribution is 8.26. The molecule has 6 rings (SSSR count). The van der Waals surface area contributed by atoms with Gasteiger partial charge >= 0.3 is 0 Å². The van der Waals surface area contributed by atoms with Gasteiger partial charge < -0.3 is 19.3 Å². The van der Waals surface area contributed by atoms with Crippen molar-refractivity contribution in [1.29, 1.82) is 0 Å². The monoisotopic (exact) mass is 549 g/mol.